The summed E-state index contributed by atoms with van der Waals surface area (Å²) in [4.78, 5) is 15.9. The number of carbonyl (C=O) groups excluding carboxylic acids is 1. The molecule has 0 atom stereocenters. The van der Waals surface area contributed by atoms with Crippen LogP contribution in [0.25, 0.3) is 21.3 Å². The Hall–Kier alpha value is -2.63. The summed E-state index contributed by atoms with van der Waals surface area (Å²) in [5.41, 5.74) is 1.97. The van der Waals surface area contributed by atoms with Crippen molar-refractivity contribution in [2.45, 2.75) is 18.2 Å². The van der Waals surface area contributed by atoms with Gasteiger partial charge in [0.15, 0.2) is 5.13 Å². The molecule has 2 aromatic heterocycles. The number of hydrogen-bond acceptors (Lipinski definition) is 8. The fraction of sp³-hybridized carbons (Fsp3) is 0.125. The molecule has 0 fully saturated rings. The van der Waals surface area contributed by atoms with Gasteiger partial charge in [0.2, 0.25) is 5.91 Å². The largest absolute Gasteiger partial charge is 0.302 e. The summed E-state index contributed by atoms with van der Waals surface area (Å²) < 4.78 is 37.1. The lowest BCUT2D eigenvalue weighted by Crippen LogP contribution is -2.13. The number of thiazole rings is 1. The molecule has 4 aromatic rings. The Bertz CT molecular complexity index is 1260. The van der Waals surface area contributed by atoms with Crippen molar-refractivity contribution < 1.29 is 13.2 Å². The molecule has 1 amide bonds. The first-order chi connectivity index (χ1) is 13.0. The Labute approximate surface area is 162 Å². The topological polar surface area (TPSA) is 114 Å². The SMILES string of the molecule is CCC(=O)Nc1nc2ccc(NS(=O)(=O)c3cccc4nsnc34)cc2s1. The fourth-order valence-corrected chi connectivity index (χ4v) is 5.20. The zero-order valence-corrected chi connectivity index (χ0v) is 16.4. The van der Waals surface area contributed by atoms with Gasteiger partial charge in [0.25, 0.3) is 10.0 Å². The number of fused-ring (bicyclic) bond motifs is 2. The number of nitrogens with zero attached hydrogens (tertiary/aromatic N) is 3. The third kappa shape index (κ3) is 3.48. The van der Waals surface area contributed by atoms with E-state index in [0.29, 0.717) is 33.8 Å². The van der Waals surface area contributed by atoms with Crippen molar-refractivity contribution in [2.24, 2.45) is 0 Å². The molecule has 2 N–H and O–H groups in total. The van der Waals surface area contributed by atoms with Gasteiger partial charge >= 0.3 is 0 Å². The predicted octanol–water partition coefficient (Wildman–Crippen LogP) is 3.45. The van der Waals surface area contributed by atoms with Crippen molar-refractivity contribution in [1.82, 2.24) is 13.7 Å². The van der Waals surface area contributed by atoms with E-state index >= 15 is 0 Å². The van der Waals surface area contributed by atoms with E-state index in [1.807, 2.05) is 0 Å². The van der Waals surface area contributed by atoms with E-state index in [1.165, 1.54) is 17.4 Å². The number of amides is 1. The van der Waals surface area contributed by atoms with Crippen molar-refractivity contribution in [3.8, 4) is 0 Å². The molecule has 4 rings (SSSR count). The maximum atomic E-state index is 12.8. The standard InChI is InChI=1S/C16H13N5O3S3/c1-2-14(22)18-16-17-10-7-6-9(8-12(10)25-16)21-27(23,24)13-5-3-4-11-15(13)20-26-19-11/h3-8,21H,2H2,1H3,(H,17,18,22). The first-order valence-corrected chi connectivity index (χ1v) is 10.9. The van der Waals surface area contributed by atoms with Crippen LogP contribution in [0, 0.1) is 0 Å². The highest BCUT2D eigenvalue weighted by Crippen LogP contribution is 2.30. The molecule has 138 valence electrons. The van der Waals surface area contributed by atoms with Crippen LogP contribution < -0.4 is 10.0 Å². The van der Waals surface area contributed by atoms with E-state index < -0.39 is 10.0 Å². The highest BCUT2D eigenvalue weighted by Gasteiger charge is 2.20. The molecule has 11 heteroatoms. The van der Waals surface area contributed by atoms with Crippen LogP contribution in [0.2, 0.25) is 0 Å². The number of nitrogens with one attached hydrogen (secondary N) is 2. The van der Waals surface area contributed by atoms with Gasteiger partial charge in [0, 0.05) is 6.42 Å². The van der Waals surface area contributed by atoms with Gasteiger partial charge < -0.3 is 5.32 Å². The van der Waals surface area contributed by atoms with Crippen LogP contribution in [-0.2, 0) is 14.8 Å². The lowest BCUT2D eigenvalue weighted by atomic mass is 10.3. The van der Waals surface area contributed by atoms with Gasteiger partial charge in [-0.3, -0.25) is 9.52 Å². The van der Waals surface area contributed by atoms with E-state index in [-0.39, 0.29) is 10.8 Å². The van der Waals surface area contributed by atoms with Crippen LogP contribution >= 0.6 is 23.1 Å². The van der Waals surface area contributed by atoms with Gasteiger partial charge in [-0.1, -0.05) is 24.3 Å². The van der Waals surface area contributed by atoms with Gasteiger partial charge in [-0.15, -0.1) is 0 Å². The summed E-state index contributed by atoms with van der Waals surface area (Å²) in [6.45, 7) is 1.76. The summed E-state index contributed by atoms with van der Waals surface area (Å²) >= 11 is 2.25. The van der Waals surface area contributed by atoms with Crippen LogP contribution in [-0.4, -0.2) is 28.1 Å². The number of carbonyl (C=O) groups is 1. The van der Waals surface area contributed by atoms with Crippen LogP contribution in [0.5, 0.6) is 0 Å². The second-order valence-corrected chi connectivity index (χ2v) is 8.81. The average Bonchev–Trinajstić information content (AvgIpc) is 3.26. The Balaban J connectivity index is 1.66. The Morgan fingerprint density at radius 3 is 2.81 bits per heavy atom. The van der Waals surface area contributed by atoms with Gasteiger partial charge in [0.05, 0.1) is 27.6 Å². The molecule has 8 nitrogen and oxygen atoms in total. The van der Waals surface area contributed by atoms with Crippen LogP contribution in [0.15, 0.2) is 41.3 Å². The molecule has 0 bridgehead atoms. The Kier molecular flexibility index (Phi) is 4.50. The highest BCUT2D eigenvalue weighted by atomic mass is 32.2. The zero-order valence-electron chi connectivity index (χ0n) is 14.0. The Morgan fingerprint density at radius 1 is 1.15 bits per heavy atom. The molecule has 0 spiro atoms. The van der Waals surface area contributed by atoms with E-state index in [9.17, 15) is 13.2 Å². The molecule has 2 aromatic carbocycles. The second-order valence-electron chi connectivity index (χ2n) is 5.60. The van der Waals surface area contributed by atoms with Crippen LogP contribution in [0.4, 0.5) is 10.8 Å². The Morgan fingerprint density at radius 2 is 2.00 bits per heavy atom. The molecule has 0 radical (unpaired) electrons. The predicted molar refractivity (Wildman–Crippen MR) is 107 cm³/mol. The molecule has 27 heavy (non-hydrogen) atoms. The minimum absolute atomic E-state index is 0.0778. The summed E-state index contributed by atoms with van der Waals surface area (Å²) in [5, 5.41) is 3.19. The molecule has 0 aliphatic rings. The average molecular weight is 420 g/mol. The number of hydrogen-bond donors (Lipinski definition) is 2. The molecule has 0 aliphatic carbocycles. The van der Waals surface area contributed by atoms with Crippen molar-refractivity contribution in [3.63, 3.8) is 0 Å². The van der Waals surface area contributed by atoms with Gasteiger partial charge in [-0.25, -0.2) is 13.4 Å². The lowest BCUT2D eigenvalue weighted by molar-refractivity contribution is -0.115. The summed E-state index contributed by atoms with van der Waals surface area (Å²) in [5.74, 6) is -0.125. The monoisotopic (exact) mass is 419 g/mol. The molecule has 0 saturated heterocycles. The first kappa shape index (κ1) is 17.8. The summed E-state index contributed by atoms with van der Waals surface area (Å²) in [7, 11) is -3.83. The third-order valence-corrected chi connectivity index (χ3v) is 6.64. The summed E-state index contributed by atoms with van der Waals surface area (Å²) in [6.07, 6.45) is 0.359. The highest BCUT2D eigenvalue weighted by molar-refractivity contribution is 7.93. The van der Waals surface area contributed by atoms with Crippen molar-refractivity contribution in [3.05, 3.63) is 36.4 Å². The van der Waals surface area contributed by atoms with Crippen LogP contribution in [0.1, 0.15) is 13.3 Å². The van der Waals surface area contributed by atoms with Crippen molar-refractivity contribution in [1.29, 1.82) is 0 Å². The summed E-state index contributed by atoms with van der Waals surface area (Å²) in [6, 6.07) is 9.86. The van der Waals surface area contributed by atoms with Gasteiger partial charge in [-0.05, 0) is 30.3 Å². The lowest BCUT2D eigenvalue weighted by Gasteiger charge is -2.08. The normalized spacial score (nSPS) is 11.7. The van der Waals surface area contributed by atoms with Gasteiger partial charge in [-0.2, -0.15) is 8.75 Å². The minimum atomic E-state index is -3.83. The first-order valence-electron chi connectivity index (χ1n) is 7.91. The smallest absolute Gasteiger partial charge is 0.264 e. The number of anilines is 2. The van der Waals surface area contributed by atoms with E-state index in [0.717, 1.165) is 16.4 Å². The molecule has 0 saturated carbocycles. The molecule has 2 heterocycles. The third-order valence-electron chi connectivity index (χ3n) is 3.75. The van der Waals surface area contributed by atoms with Crippen molar-refractivity contribution >= 4 is 71.1 Å². The van der Waals surface area contributed by atoms with E-state index in [2.05, 4.69) is 23.8 Å². The molecule has 0 unspecified atom stereocenters. The van der Waals surface area contributed by atoms with Crippen molar-refractivity contribution in [2.75, 3.05) is 10.0 Å². The maximum absolute atomic E-state index is 12.8. The fourth-order valence-electron chi connectivity index (χ4n) is 2.46. The zero-order chi connectivity index (χ0) is 19.0. The molecular formula is C16H13N5O3S3. The number of rotatable bonds is 5. The van der Waals surface area contributed by atoms with Crippen LogP contribution in [0.3, 0.4) is 0 Å². The molecular weight excluding hydrogens is 406 g/mol. The number of aromatic nitrogens is 3. The van der Waals surface area contributed by atoms with E-state index in [1.54, 1.807) is 37.3 Å². The molecule has 0 aliphatic heterocycles. The number of sulfonamides is 1. The quantitative estimate of drug-likeness (QED) is 0.512. The second kappa shape index (κ2) is 6.83. The maximum Gasteiger partial charge on any atom is 0.264 e. The number of benzene rings is 2. The van der Waals surface area contributed by atoms with Gasteiger partial charge in [0.1, 0.15) is 15.9 Å². The van der Waals surface area contributed by atoms with E-state index in [4.69, 9.17) is 0 Å². The minimum Gasteiger partial charge on any atom is -0.302 e.